The van der Waals surface area contributed by atoms with E-state index >= 15 is 0 Å². The molecule has 1 saturated heterocycles. The Morgan fingerprint density at radius 2 is 2.00 bits per heavy atom. The minimum absolute atomic E-state index is 0.273. The van der Waals surface area contributed by atoms with E-state index in [9.17, 15) is 17.6 Å². The van der Waals surface area contributed by atoms with Gasteiger partial charge < -0.3 is 9.47 Å². The van der Waals surface area contributed by atoms with Gasteiger partial charge in [0.15, 0.2) is 11.0 Å². The van der Waals surface area contributed by atoms with E-state index < -0.39 is 17.6 Å². The molecule has 0 bridgehead atoms. The molecule has 188 valence electrons. The van der Waals surface area contributed by atoms with Gasteiger partial charge in [-0.2, -0.15) is 13.2 Å². The van der Waals surface area contributed by atoms with E-state index in [1.165, 1.54) is 6.07 Å². The molecule has 1 aromatic carbocycles. The van der Waals surface area contributed by atoms with Gasteiger partial charge in [-0.1, -0.05) is 24.8 Å². The Morgan fingerprint density at radius 1 is 1.23 bits per heavy atom. The highest BCUT2D eigenvalue weighted by Gasteiger charge is 2.67. The zero-order chi connectivity index (χ0) is 25.1. The monoisotopic (exact) mass is 525 g/mol. The van der Waals surface area contributed by atoms with Crippen molar-refractivity contribution >= 4 is 23.1 Å². The van der Waals surface area contributed by atoms with E-state index in [2.05, 4.69) is 27.0 Å². The molecule has 0 radical (unpaired) electrons. The van der Waals surface area contributed by atoms with Crippen molar-refractivity contribution < 1.29 is 17.6 Å². The number of aromatic nitrogens is 4. The normalized spacial score (nSPS) is 24.2. The number of aryl methyl sites for hydroxylation is 2. The zero-order valence-corrected chi connectivity index (χ0v) is 21.6. The lowest BCUT2D eigenvalue weighted by atomic mass is 9.91. The predicted molar refractivity (Wildman–Crippen MR) is 129 cm³/mol. The van der Waals surface area contributed by atoms with E-state index in [0.29, 0.717) is 18.2 Å². The summed E-state index contributed by atoms with van der Waals surface area (Å²) in [6, 6.07) is 3.01. The van der Waals surface area contributed by atoms with Gasteiger partial charge >= 0.3 is 6.18 Å². The fourth-order valence-corrected chi connectivity index (χ4v) is 7.39. The van der Waals surface area contributed by atoms with Gasteiger partial charge in [-0.15, -0.1) is 21.5 Å². The Balaban J connectivity index is 1.17. The quantitative estimate of drug-likeness (QED) is 0.225. The minimum atomic E-state index is -4.53. The molecule has 35 heavy (non-hydrogen) atoms. The van der Waals surface area contributed by atoms with Crippen LogP contribution in [0.4, 0.5) is 17.6 Å². The zero-order valence-electron chi connectivity index (χ0n) is 20.0. The summed E-state index contributed by atoms with van der Waals surface area (Å²) in [5.74, 6) is 1.51. The number of thiazole rings is 1. The number of thioether (sulfide) groups is 1. The molecule has 0 N–H and O–H groups in total. The first-order valence-corrected chi connectivity index (χ1v) is 13.4. The number of hydrogen-bond donors (Lipinski definition) is 0. The average Bonchev–Trinajstić information content (AvgIpc) is 3.18. The molecule has 0 amide bonds. The number of rotatable bonds is 7. The van der Waals surface area contributed by atoms with Crippen LogP contribution in [0, 0.1) is 31.5 Å². The van der Waals surface area contributed by atoms with Crippen LogP contribution in [0.2, 0.25) is 0 Å². The second-order valence-electron chi connectivity index (χ2n) is 9.58. The van der Waals surface area contributed by atoms with Gasteiger partial charge in [0, 0.05) is 31.3 Å². The van der Waals surface area contributed by atoms with Crippen molar-refractivity contribution in [3.8, 4) is 10.7 Å². The molecular formula is C24H27F4N5S2. The Morgan fingerprint density at radius 3 is 2.66 bits per heavy atom. The van der Waals surface area contributed by atoms with Crippen molar-refractivity contribution in [3.63, 3.8) is 0 Å². The molecular weight excluding hydrogens is 498 g/mol. The first-order valence-electron chi connectivity index (χ1n) is 11.6. The van der Waals surface area contributed by atoms with Gasteiger partial charge in [0.2, 0.25) is 0 Å². The number of piperidine rings is 1. The van der Waals surface area contributed by atoms with Crippen LogP contribution in [0.15, 0.2) is 23.4 Å². The standard InChI is InChI=1S/C24H27F4N5S2/c1-13-18-11-33(12-23(13,18)17-7-6-16(10-19(17)25)24(26,27)28)8-5-9-34-22-31-30-21(32(22)4)20-14(2)29-15(3)35-20/h6-7,10,13,18H,5,8-9,11-12H2,1-4H3/t13-,18+,23-/m0/s1. The molecule has 1 saturated carbocycles. The highest BCUT2D eigenvalue weighted by molar-refractivity contribution is 7.99. The van der Waals surface area contributed by atoms with Gasteiger partial charge in [0.25, 0.3) is 0 Å². The lowest BCUT2D eigenvalue weighted by molar-refractivity contribution is -0.137. The van der Waals surface area contributed by atoms with E-state index in [1.807, 2.05) is 25.5 Å². The number of fused-ring (bicyclic) bond motifs is 1. The predicted octanol–water partition coefficient (Wildman–Crippen LogP) is 5.72. The summed E-state index contributed by atoms with van der Waals surface area (Å²) in [6.45, 7) is 8.43. The molecule has 5 rings (SSSR count). The molecule has 2 fully saturated rings. The van der Waals surface area contributed by atoms with Crippen LogP contribution in [0.25, 0.3) is 10.7 Å². The van der Waals surface area contributed by atoms with Crippen LogP contribution in [0.5, 0.6) is 0 Å². The Hall–Kier alpha value is -1.98. The van der Waals surface area contributed by atoms with Gasteiger partial charge in [0.05, 0.1) is 21.1 Å². The molecule has 0 spiro atoms. The molecule has 11 heteroatoms. The lowest BCUT2D eigenvalue weighted by Crippen LogP contribution is -2.30. The van der Waals surface area contributed by atoms with Crippen LogP contribution < -0.4 is 0 Å². The van der Waals surface area contributed by atoms with Gasteiger partial charge in [-0.25, -0.2) is 9.37 Å². The molecule has 0 unspecified atom stereocenters. The molecule has 2 aromatic heterocycles. The van der Waals surface area contributed by atoms with Crippen molar-refractivity contribution in [1.29, 1.82) is 0 Å². The smallest absolute Gasteiger partial charge is 0.304 e. The van der Waals surface area contributed by atoms with E-state index in [1.54, 1.807) is 23.1 Å². The second-order valence-corrected chi connectivity index (χ2v) is 11.8. The fraction of sp³-hybridized carbons (Fsp3) is 0.542. The third-order valence-electron chi connectivity index (χ3n) is 7.50. The number of nitrogens with zero attached hydrogens (tertiary/aromatic N) is 5. The number of alkyl halides is 3. The summed E-state index contributed by atoms with van der Waals surface area (Å²) in [6.07, 6.45) is -3.61. The number of hydrogen-bond acceptors (Lipinski definition) is 6. The summed E-state index contributed by atoms with van der Waals surface area (Å²) < 4.78 is 55.6. The van der Waals surface area contributed by atoms with E-state index in [4.69, 9.17) is 0 Å². The van der Waals surface area contributed by atoms with Crippen molar-refractivity contribution in [2.75, 3.05) is 25.4 Å². The second kappa shape index (κ2) is 8.85. The first kappa shape index (κ1) is 24.7. The number of benzene rings is 1. The third kappa shape index (κ3) is 4.29. The van der Waals surface area contributed by atoms with Crippen LogP contribution in [0.3, 0.4) is 0 Å². The minimum Gasteiger partial charge on any atom is -0.304 e. The molecule has 5 nitrogen and oxygen atoms in total. The Bertz CT molecular complexity index is 1250. The molecule has 3 atom stereocenters. The van der Waals surface area contributed by atoms with Crippen LogP contribution in [0.1, 0.15) is 35.2 Å². The summed E-state index contributed by atoms with van der Waals surface area (Å²) >= 11 is 3.27. The van der Waals surface area contributed by atoms with Crippen molar-refractivity contribution in [2.45, 2.75) is 43.9 Å². The van der Waals surface area contributed by atoms with Crippen LogP contribution >= 0.6 is 23.1 Å². The summed E-state index contributed by atoms with van der Waals surface area (Å²) in [4.78, 5) is 7.82. The first-order chi connectivity index (χ1) is 16.5. The van der Waals surface area contributed by atoms with E-state index in [0.717, 1.165) is 57.9 Å². The third-order valence-corrected chi connectivity index (χ3v) is 9.67. The highest BCUT2D eigenvalue weighted by Crippen LogP contribution is 2.64. The summed E-state index contributed by atoms with van der Waals surface area (Å²) in [7, 11) is 1.96. The molecule has 1 aliphatic heterocycles. The van der Waals surface area contributed by atoms with Crippen molar-refractivity contribution in [1.82, 2.24) is 24.6 Å². The topological polar surface area (TPSA) is 46.8 Å². The number of likely N-dealkylation sites (tertiary alicyclic amines) is 1. The maximum atomic E-state index is 14.7. The number of halogens is 4. The van der Waals surface area contributed by atoms with E-state index in [-0.39, 0.29) is 17.3 Å². The highest BCUT2D eigenvalue weighted by atomic mass is 32.2. The molecule has 1 aliphatic carbocycles. The summed E-state index contributed by atoms with van der Waals surface area (Å²) in [5.41, 5.74) is 0.0873. The van der Waals surface area contributed by atoms with Gasteiger partial charge in [0.1, 0.15) is 5.82 Å². The maximum Gasteiger partial charge on any atom is 0.416 e. The Kier molecular flexibility index (Phi) is 6.24. The van der Waals surface area contributed by atoms with Gasteiger partial charge in [-0.3, -0.25) is 0 Å². The SMILES string of the molecule is Cc1nc(C)c(-c2nnc(SCCCN3C[C@@H]4[C@H](C)[C@]4(c4ccc(C(F)(F)F)cc4F)C3)n2C)s1. The maximum absolute atomic E-state index is 14.7. The lowest BCUT2D eigenvalue weighted by Gasteiger charge is -2.23. The molecule has 3 heterocycles. The molecule has 2 aliphatic rings. The largest absolute Gasteiger partial charge is 0.416 e. The van der Waals surface area contributed by atoms with Crippen molar-refractivity contribution in [3.05, 3.63) is 45.8 Å². The van der Waals surface area contributed by atoms with Gasteiger partial charge in [-0.05, 0) is 56.3 Å². The Labute approximate surface area is 210 Å². The average molecular weight is 526 g/mol. The van der Waals surface area contributed by atoms with Crippen molar-refractivity contribution in [2.24, 2.45) is 18.9 Å². The van der Waals surface area contributed by atoms with Crippen LogP contribution in [-0.4, -0.2) is 50.0 Å². The molecule has 3 aromatic rings. The van der Waals surface area contributed by atoms with Crippen LogP contribution in [-0.2, 0) is 18.6 Å². The fourth-order valence-electron chi connectivity index (χ4n) is 5.62. The summed E-state index contributed by atoms with van der Waals surface area (Å²) in [5, 5.41) is 10.6.